The van der Waals surface area contributed by atoms with Crippen molar-refractivity contribution in [3.63, 3.8) is 0 Å². The summed E-state index contributed by atoms with van der Waals surface area (Å²) in [6.07, 6.45) is 7.48. The zero-order valence-corrected chi connectivity index (χ0v) is 12.5. The number of hydrogen-bond donors (Lipinski definition) is 2. The van der Waals surface area contributed by atoms with Gasteiger partial charge in [-0.05, 0) is 33.7 Å². The maximum absolute atomic E-state index is 4.40. The number of anilines is 1. The van der Waals surface area contributed by atoms with E-state index in [0.717, 1.165) is 31.3 Å². The van der Waals surface area contributed by atoms with E-state index in [1.165, 1.54) is 32.1 Å². The van der Waals surface area contributed by atoms with Crippen LogP contribution in [0, 0.1) is 0 Å². The molecule has 1 aliphatic rings. The summed E-state index contributed by atoms with van der Waals surface area (Å²) in [6.45, 7) is 6.05. The molecule has 5 heteroatoms. The summed E-state index contributed by atoms with van der Waals surface area (Å²) in [7, 11) is 2.09. The molecule has 0 aromatic carbocycles. The molecule has 0 aliphatic heterocycles. The molecule has 0 amide bonds. The van der Waals surface area contributed by atoms with Gasteiger partial charge in [0.25, 0.3) is 0 Å². The molecule has 2 N–H and O–H groups in total. The molecule has 0 atom stereocenters. The third-order valence-electron chi connectivity index (χ3n) is 4.32. The number of nitrogens with zero attached hydrogens (tertiary/aromatic N) is 3. The van der Waals surface area contributed by atoms with E-state index in [2.05, 4.69) is 46.3 Å². The average molecular weight is 265 g/mol. The molecule has 108 valence electrons. The van der Waals surface area contributed by atoms with Crippen molar-refractivity contribution >= 4 is 5.95 Å². The summed E-state index contributed by atoms with van der Waals surface area (Å²) < 4.78 is 2.21. The molecule has 19 heavy (non-hydrogen) atoms. The van der Waals surface area contributed by atoms with Crippen LogP contribution >= 0.6 is 0 Å². The monoisotopic (exact) mass is 265 g/mol. The molecule has 1 aromatic rings. The molecule has 0 radical (unpaired) electrons. The van der Waals surface area contributed by atoms with Crippen LogP contribution in [0.4, 0.5) is 5.95 Å². The van der Waals surface area contributed by atoms with Crippen molar-refractivity contribution < 1.29 is 0 Å². The Morgan fingerprint density at radius 1 is 1.16 bits per heavy atom. The number of aromatic nitrogens is 3. The van der Waals surface area contributed by atoms with Gasteiger partial charge in [0.2, 0.25) is 5.95 Å². The van der Waals surface area contributed by atoms with Crippen LogP contribution in [0.25, 0.3) is 0 Å². The lowest BCUT2D eigenvalue weighted by atomic mass is 9.79. The molecule has 0 saturated heterocycles. The van der Waals surface area contributed by atoms with E-state index < -0.39 is 0 Å². The standard InChI is InChI=1S/C14H27N5/c1-4-16-13-18-17-12(19(13)5-2)11-14(15-3)9-7-6-8-10-14/h15H,4-11H2,1-3H3,(H,16,18). The lowest BCUT2D eigenvalue weighted by Gasteiger charge is -2.37. The van der Waals surface area contributed by atoms with Crippen LogP contribution in [0.1, 0.15) is 51.8 Å². The molecule has 1 fully saturated rings. The smallest absolute Gasteiger partial charge is 0.224 e. The van der Waals surface area contributed by atoms with Crippen LogP contribution in [0.15, 0.2) is 0 Å². The Kier molecular flexibility index (Phi) is 4.80. The van der Waals surface area contributed by atoms with Gasteiger partial charge >= 0.3 is 0 Å². The Labute approximate surface area is 116 Å². The van der Waals surface area contributed by atoms with Crippen LogP contribution in [-0.2, 0) is 13.0 Å². The third kappa shape index (κ3) is 3.08. The molecule has 1 aliphatic carbocycles. The van der Waals surface area contributed by atoms with E-state index in [0.29, 0.717) is 0 Å². The Bertz CT molecular complexity index is 393. The third-order valence-corrected chi connectivity index (χ3v) is 4.32. The molecule has 1 heterocycles. The summed E-state index contributed by atoms with van der Waals surface area (Å²) in [5.41, 5.74) is 0.224. The predicted molar refractivity (Wildman–Crippen MR) is 78.4 cm³/mol. The highest BCUT2D eigenvalue weighted by Crippen LogP contribution is 2.31. The molecule has 0 spiro atoms. The Morgan fingerprint density at radius 2 is 1.89 bits per heavy atom. The maximum atomic E-state index is 4.40. The minimum Gasteiger partial charge on any atom is -0.355 e. The predicted octanol–water partition coefficient (Wildman–Crippen LogP) is 2.19. The highest BCUT2D eigenvalue weighted by Gasteiger charge is 2.32. The second-order valence-electron chi connectivity index (χ2n) is 5.48. The van der Waals surface area contributed by atoms with Crippen LogP contribution in [0.5, 0.6) is 0 Å². The SMILES string of the molecule is CCNc1nnc(CC2(NC)CCCCC2)n1CC. The van der Waals surface area contributed by atoms with Gasteiger partial charge in [0.05, 0.1) is 0 Å². The number of likely N-dealkylation sites (N-methyl/N-ethyl adjacent to an activating group) is 1. The molecule has 2 rings (SSSR count). The van der Waals surface area contributed by atoms with E-state index in [1.54, 1.807) is 0 Å². The fourth-order valence-electron chi connectivity index (χ4n) is 3.13. The Balaban J connectivity index is 2.17. The quantitative estimate of drug-likeness (QED) is 0.828. The van der Waals surface area contributed by atoms with Crippen LogP contribution in [-0.4, -0.2) is 33.9 Å². The first kappa shape index (κ1) is 14.3. The highest BCUT2D eigenvalue weighted by atomic mass is 15.3. The first-order valence-corrected chi connectivity index (χ1v) is 7.59. The van der Waals surface area contributed by atoms with Crippen molar-refractivity contribution in [1.82, 2.24) is 20.1 Å². The van der Waals surface area contributed by atoms with E-state index in [4.69, 9.17) is 0 Å². The molecule has 0 unspecified atom stereocenters. The van der Waals surface area contributed by atoms with Gasteiger partial charge in [-0.25, -0.2) is 0 Å². The fraction of sp³-hybridized carbons (Fsp3) is 0.857. The maximum Gasteiger partial charge on any atom is 0.224 e. The van der Waals surface area contributed by atoms with Gasteiger partial charge < -0.3 is 10.6 Å². The lowest BCUT2D eigenvalue weighted by Crippen LogP contribution is -2.47. The lowest BCUT2D eigenvalue weighted by molar-refractivity contribution is 0.239. The van der Waals surface area contributed by atoms with Crippen LogP contribution in [0.2, 0.25) is 0 Å². The van der Waals surface area contributed by atoms with Crippen molar-refractivity contribution in [3.8, 4) is 0 Å². The van der Waals surface area contributed by atoms with E-state index in [-0.39, 0.29) is 5.54 Å². The van der Waals surface area contributed by atoms with Crippen molar-refractivity contribution in [3.05, 3.63) is 5.82 Å². The zero-order valence-electron chi connectivity index (χ0n) is 12.5. The first-order chi connectivity index (χ1) is 9.24. The summed E-state index contributed by atoms with van der Waals surface area (Å²) in [5.74, 6) is 2.01. The molecule has 1 saturated carbocycles. The van der Waals surface area contributed by atoms with Gasteiger partial charge in [0.15, 0.2) is 0 Å². The zero-order chi connectivity index (χ0) is 13.7. The van der Waals surface area contributed by atoms with Crippen molar-refractivity contribution in [1.29, 1.82) is 0 Å². The minimum absolute atomic E-state index is 0.224. The van der Waals surface area contributed by atoms with E-state index >= 15 is 0 Å². The van der Waals surface area contributed by atoms with Gasteiger partial charge in [-0.2, -0.15) is 0 Å². The van der Waals surface area contributed by atoms with E-state index in [9.17, 15) is 0 Å². The second-order valence-corrected chi connectivity index (χ2v) is 5.48. The van der Waals surface area contributed by atoms with Crippen molar-refractivity contribution in [2.45, 2.75) is 64.5 Å². The summed E-state index contributed by atoms with van der Waals surface area (Å²) in [4.78, 5) is 0. The van der Waals surface area contributed by atoms with Crippen LogP contribution in [0.3, 0.4) is 0 Å². The Morgan fingerprint density at radius 3 is 2.47 bits per heavy atom. The molecular weight excluding hydrogens is 238 g/mol. The Hall–Kier alpha value is -1.10. The molecule has 0 bridgehead atoms. The summed E-state index contributed by atoms with van der Waals surface area (Å²) in [5, 5.41) is 15.5. The summed E-state index contributed by atoms with van der Waals surface area (Å²) >= 11 is 0. The van der Waals surface area contributed by atoms with Gasteiger partial charge in [-0.3, -0.25) is 4.57 Å². The number of rotatable bonds is 6. The van der Waals surface area contributed by atoms with Gasteiger partial charge in [-0.1, -0.05) is 19.3 Å². The fourth-order valence-corrected chi connectivity index (χ4v) is 3.13. The number of hydrogen-bond acceptors (Lipinski definition) is 4. The van der Waals surface area contributed by atoms with Crippen LogP contribution < -0.4 is 10.6 Å². The molecule has 1 aromatic heterocycles. The first-order valence-electron chi connectivity index (χ1n) is 7.59. The minimum atomic E-state index is 0.224. The van der Waals surface area contributed by atoms with Crippen molar-refractivity contribution in [2.75, 3.05) is 18.9 Å². The topological polar surface area (TPSA) is 54.8 Å². The van der Waals surface area contributed by atoms with Gasteiger partial charge in [0, 0.05) is 25.0 Å². The van der Waals surface area contributed by atoms with Gasteiger partial charge in [0.1, 0.15) is 5.82 Å². The van der Waals surface area contributed by atoms with E-state index in [1.807, 2.05) is 0 Å². The highest BCUT2D eigenvalue weighted by molar-refractivity contribution is 5.26. The summed E-state index contributed by atoms with van der Waals surface area (Å²) in [6, 6.07) is 0. The molecular formula is C14H27N5. The number of nitrogens with one attached hydrogen (secondary N) is 2. The van der Waals surface area contributed by atoms with Gasteiger partial charge in [-0.15, -0.1) is 10.2 Å². The molecule has 5 nitrogen and oxygen atoms in total. The average Bonchev–Trinajstić information content (AvgIpc) is 2.82. The second kappa shape index (κ2) is 6.37. The largest absolute Gasteiger partial charge is 0.355 e. The normalized spacial score (nSPS) is 18.5. The van der Waals surface area contributed by atoms with Crippen molar-refractivity contribution in [2.24, 2.45) is 0 Å².